The minimum Gasteiger partial charge on any atom is -0.388 e. The van der Waals surface area contributed by atoms with Crippen molar-refractivity contribution >= 4 is 23.2 Å². The smallest absolute Gasteiger partial charge is 0.273 e. The zero-order valence-corrected chi connectivity index (χ0v) is 16.4. The molecule has 0 unspecified atom stereocenters. The molecule has 1 aliphatic heterocycles. The van der Waals surface area contributed by atoms with E-state index in [9.17, 15) is 14.7 Å². The molecule has 0 spiro atoms. The summed E-state index contributed by atoms with van der Waals surface area (Å²) in [5.74, 6) is -0.316. The number of amides is 2. The van der Waals surface area contributed by atoms with Crippen molar-refractivity contribution in [1.29, 1.82) is 0 Å². The number of likely N-dealkylation sites (tertiary alicyclic amines) is 1. The SMILES string of the molecule is O=C(NC1CCCC1)c1cn(CC2(O)CCN(C(=O)c3cscn3)CC2)nn1. The van der Waals surface area contributed by atoms with Crippen molar-refractivity contribution in [2.45, 2.75) is 56.7 Å². The van der Waals surface area contributed by atoms with Gasteiger partial charge in [-0.1, -0.05) is 18.1 Å². The molecule has 1 saturated carbocycles. The number of aliphatic hydroxyl groups is 1. The first-order valence-electron chi connectivity index (χ1n) is 9.63. The largest absolute Gasteiger partial charge is 0.388 e. The van der Waals surface area contributed by atoms with Crippen molar-refractivity contribution < 1.29 is 14.7 Å². The molecule has 2 fully saturated rings. The molecule has 0 atom stereocenters. The summed E-state index contributed by atoms with van der Waals surface area (Å²) >= 11 is 1.39. The number of hydrogen-bond acceptors (Lipinski definition) is 7. The average molecular weight is 404 g/mol. The van der Waals surface area contributed by atoms with E-state index >= 15 is 0 Å². The van der Waals surface area contributed by atoms with Gasteiger partial charge in [0.15, 0.2) is 5.69 Å². The van der Waals surface area contributed by atoms with E-state index in [4.69, 9.17) is 0 Å². The highest BCUT2D eigenvalue weighted by atomic mass is 32.1. The molecular weight excluding hydrogens is 380 g/mol. The zero-order chi connectivity index (χ0) is 19.6. The first-order chi connectivity index (χ1) is 13.5. The maximum absolute atomic E-state index is 12.4. The third-order valence-corrected chi connectivity index (χ3v) is 6.14. The standard InChI is InChI=1S/C18H24N6O3S/c25-16(20-13-3-1-2-4-13)14-9-24(22-21-14)11-18(27)5-7-23(8-6-18)17(26)15-10-28-12-19-15/h9-10,12-13,27H,1-8,11H2,(H,20,25). The van der Waals surface area contributed by atoms with E-state index < -0.39 is 5.60 Å². The van der Waals surface area contributed by atoms with Gasteiger partial charge < -0.3 is 15.3 Å². The van der Waals surface area contributed by atoms with Crippen LogP contribution in [0.4, 0.5) is 0 Å². The van der Waals surface area contributed by atoms with Gasteiger partial charge in [-0.05, 0) is 25.7 Å². The molecule has 2 N–H and O–H groups in total. The van der Waals surface area contributed by atoms with Crippen LogP contribution in [-0.4, -0.2) is 66.5 Å². The summed E-state index contributed by atoms with van der Waals surface area (Å²) in [6.45, 7) is 1.16. The van der Waals surface area contributed by atoms with Crippen LogP contribution in [0, 0.1) is 0 Å². The monoisotopic (exact) mass is 404 g/mol. The summed E-state index contributed by atoms with van der Waals surface area (Å²) in [5.41, 5.74) is 1.38. The molecule has 2 aliphatic rings. The molecule has 150 valence electrons. The van der Waals surface area contributed by atoms with Crippen LogP contribution in [0.5, 0.6) is 0 Å². The normalized spacial score (nSPS) is 19.7. The van der Waals surface area contributed by atoms with Crippen LogP contribution in [0.2, 0.25) is 0 Å². The molecule has 0 bridgehead atoms. The quantitative estimate of drug-likeness (QED) is 0.771. The van der Waals surface area contributed by atoms with Crippen molar-refractivity contribution in [3.63, 3.8) is 0 Å². The van der Waals surface area contributed by atoms with Gasteiger partial charge in [-0.3, -0.25) is 9.59 Å². The maximum Gasteiger partial charge on any atom is 0.273 e. The maximum atomic E-state index is 12.4. The second kappa shape index (κ2) is 7.96. The molecule has 2 aromatic rings. The predicted octanol–water partition coefficient (Wildman–Crippen LogP) is 1.07. The first kappa shape index (κ1) is 19.0. The topological polar surface area (TPSA) is 113 Å². The molecular formula is C18H24N6O3S. The summed E-state index contributed by atoms with van der Waals surface area (Å²) in [6.07, 6.45) is 6.76. The Balaban J connectivity index is 1.31. The Bertz CT molecular complexity index is 822. The van der Waals surface area contributed by atoms with Crippen LogP contribution in [0.1, 0.15) is 59.5 Å². The third kappa shape index (κ3) is 4.22. The number of thiazole rings is 1. The van der Waals surface area contributed by atoms with E-state index in [0.29, 0.717) is 31.6 Å². The van der Waals surface area contributed by atoms with Crippen molar-refractivity contribution in [3.05, 3.63) is 28.5 Å². The Kier molecular flexibility index (Phi) is 5.40. The van der Waals surface area contributed by atoms with E-state index in [1.165, 1.54) is 16.0 Å². The molecule has 2 aromatic heterocycles. The van der Waals surface area contributed by atoms with Gasteiger partial charge in [0.25, 0.3) is 11.8 Å². The molecule has 10 heteroatoms. The van der Waals surface area contributed by atoms with Crippen LogP contribution < -0.4 is 5.32 Å². The Morgan fingerprint density at radius 1 is 1.25 bits per heavy atom. The molecule has 0 radical (unpaired) electrons. The minimum absolute atomic E-state index is 0.102. The number of hydrogen-bond donors (Lipinski definition) is 2. The molecule has 9 nitrogen and oxygen atoms in total. The number of piperidine rings is 1. The highest BCUT2D eigenvalue weighted by Gasteiger charge is 2.35. The number of carbonyl (C=O) groups excluding carboxylic acids is 2. The first-order valence-corrected chi connectivity index (χ1v) is 10.6. The lowest BCUT2D eigenvalue weighted by atomic mass is 9.91. The van der Waals surface area contributed by atoms with E-state index in [2.05, 4.69) is 20.6 Å². The summed E-state index contributed by atoms with van der Waals surface area (Å²) in [7, 11) is 0. The van der Waals surface area contributed by atoms with Crippen molar-refractivity contribution in [2.75, 3.05) is 13.1 Å². The van der Waals surface area contributed by atoms with Gasteiger partial charge in [-0.2, -0.15) is 0 Å². The van der Waals surface area contributed by atoms with Crippen molar-refractivity contribution in [2.24, 2.45) is 0 Å². The fraction of sp³-hybridized carbons (Fsp3) is 0.611. The number of carbonyl (C=O) groups is 2. The number of nitrogens with zero attached hydrogens (tertiary/aromatic N) is 5. The molecule has 4 rings (SSSR count). The second-order valence-electron chi connectivity index (χ2n) is 7.65. The fourth-order valence-corrected chi connectivity index (χ4v) is 4.40. The third-order valence-electron chi connectivity index (χ3n) is 5.55. The molecule has 3 heterocycles. The Morgan fingerprint density at radius 2 is 2.00 bits per heavy atom. The summed E-state index contributed by atoms with van der Waals surface area (Å²) < 4.78 is 1.52. The van der Waals surface area contributed by atoms with Crippen LogP contribution in [0.3, 0.4) is 0 Å². The van der Waals surface area contributed by atoms with E-state index in [1.54, 1.807) is 22.0 Å². The average Bonchev–Trinajstić information content (AvgIpc) is 3.44. The highest BCUT2D eigenvalue weighted by Crippen LogP contribution is 2.25. The van der Waals surface area contributed by atoms with Gasteiger partial charge in [0.05, 0.1) is 23.9 Å². The molecule has 2 amide bonds. The van der Waals surface area contributed by atoms with Gasteiger partial charge >= 0.3 is 0 Å². The van der Waals surface area contributed by atoms with Gasteiger partial charge in [-0.15, -0.1) is 16.4 Å². The number of rotatable bonds is 5. The predicted molar refractivity (Wildman–Crippen MR) is 102 cm³/mol. The Morgan fingerprint density at radius 3 is 2.68 bits per heavy atom. The lowest BCUT2D eigenvalue weighted by Gasteiger charge is -2.37. The molecule has 28 heavy (non-hydrogen) atoms. The van der Waals surface area contributed by atoms with Gasteiger partial charge in [0.1, 0.15) is 5.69 Å². The Labute approximate surface area is 166 Å². The van der Waals surface area contributed by atoms with Crippen LogP contribution in [0.15, 0.2) is 17.1 Å². The van der Waals surface area contributed by atoms with Crippen molar-refractivity contribution in [3.8, 4) is 0 Å². The second-order valence-corrected chi connectivity index (χ2v) is 8.37. The lowest BCUT2D eigenvalue weighted by Crippen LogP contribution is -2.48. The number of nitrogens with one attached hydrogen (secondary N) is 1. The summed E-state index contributed by atoms with van der Waals surface area (Å²) in [5, 5.41) is 23.6. The number of aromatic nitrogens is 4. The molecule has 1 saturated heterocycles. The summed E-state index contributed by atoms with van der Waals surface area (Å²) in [4.78, 5) is 30.4. The summed E-state index contributed by atoms with van der Waals surface area (Å²) in [6, 6.07) is 0.224. The molecule has 1 aliphatic carbocycles. The minimum atomic E-state index is -0.980. The van der Waals surface area contributed by atoms with Gasteiger partial charge in [0.2, 0.25) is 0 Å². The lowest BCUT2D eigenvalue weighted by molar-refractivity contribution is -0.0319. The highest BCUT2D eigenvalue weighted by molar-refractivity contribution is 7.07. The zero-order valence-electron chi connectivity index (χ0n) is 15.6. The van der Waals surface area contributed by atoms with E-state index in [0.717, 1.165) is 25.7 Å². The molecule has 0 aromatic carbocycles. The van der Waals surface area contributed by atoms with Crippen LogP contribution in [0.25, 0.3) is 0 Å². The Hall–Kier alpha value is -2.33. The van der Waals surface area contributed by atoms with E-state index in [1.807, 2.05) is 0 Å². The van der Waals surface area contributed by atoms with Crippen LogP contribution >= 0.6 is 11.3 Å². The van der Waals surface area contributed by atoms with Gasteiger partial charge in [0, 0.05) is 24.5 Å². The van der Waals surface area contributed by atoms with Gasteiger partial charge in [-0.25, -0.2) is 9.67 Å². The van der Waals surface area contributed by atoms with Crippen molar-refractivity contribution in [1.82, 2.24) is 30.2 Å². The fourth-order valence-electron chi connectivity index (χ4n) is 3.88. The van der Waals surface area contributed by atoms with Crippen LogP contribution in [-0.2, 0) is 6.54 Å². The van der Waals surface area contributed by atoms with E-state index in [-0.39, 0.29) is 30.1 Å².